The van der Waals surface area contributed by atoms with Crippen molar-refractivity contribution in [1.82, 2.24) is 0 Å². The smallest absolute Gasteiger partial charge is 0.0433 e. The average molecular weight is 1920 g/mol. The second-order valence-electron chi connectivity index (χ2n) is 35.9. The van der Waals surface area contributed by atoms with Crippen molar-refractivity contribution in [2.75, 3.05) is 0 Å². The summed E-state index contributed by atoms with van der Waals surface area (Å²) >= 11 is 13.2. The number of rotatable bonds is 7. The van der Waals surface area contributed by atoms with Gasteiger partial charge in [0.25, 0.3) is 0 Å². The molecule has 7 heteroatoms. The second-order valence-corrected chi connectivity index (χ2v) is 43.4. The van der Waals surface area contributed by atoms with Crippen molar-refractivity contribution >= 4 is 221 Å². The molecule has 28 aromatic rings. The van der Waals surface area contributed by atoms with Gasteiger partial charge in [0.05, 0.1) is 0 Å². The van der Waals surface area contributed by atoms with E-state index >= 15 is 0 Å². The second kappa shape index (κ2) is 40.3. The standard InChI is InChI=1S/7C19H14S/c1-13-6-4-7-14(12-13)15-9-5-11-18-19(15)16-8-2-3-10-17(16)20-18;1-13-7-2-3-8-14(13)15-10-6-12-18-19(15)16-9-4-5-11-17(16)20-18;1-13-5-4-6-14(11-13)15-9-10-17-16-7-2-3-8-18(16)20-19(17)12-15;1-13-9-11-14(12-10-13)15-6-4-8-18-19(15)16-5-2-3-7-17(16)20-18;1-13-7-5-11-16-17-12-6-10-15(19(17)20-18(13)16)14-8-3-2-4-9-14;1-13-11-12-15(14-7-3-2-4-8-14)18-16-9-5-6-10-17(16)20-19(13)18;1-13-6-8-14(9-7-13)15-10-11-17-16-4-2-3-5-18(16)20-19(17)12-15/h7*2-12H,1H3. The molecule has 0 unspecified atom stereocenters. The van der Waals surface area contributed by atoms with Crippen molar-refractivity contribution in [1.29, 1.82) is 0 Å². The Labute approximate surface area is 845 Å². The van der Waals surface area contributed by atoms with Crippen molar-refractivity contribution in [3.8, 4) is 77.9 Å². The predicted octanol–water partition coefficient (Wildman–Crippen LogP) is 42.2. The number of benzene rings is 21. The van der Waals surface area contributed by atoms with Gasteiger partial charge in [-0.2, -0.15) is 0 Å². The van der Waals surface area contributed by atoms with E-state index in [2.05, 4.69) is 516 Å². The summed E-state index contributed by atoms with van der Waals surface area (Å²) in [7, 11) is 0. The highest BCUT2D eigenvalue weighted by atomic mass is 32.1. The Kier molecular flexibility index (Phi) is 26.0. The largest absolute Gasteiger partial charge is 0.135 e. The normalized spacial score (nSPS) is 11.2. The molecule has 0 saturated heterocycles. The van der Waals surface area contributed by atoms with Gasteiger partial charge < -0.3 is 0 Å². The van der Waals surface area contributed by atoms with Gasteiger partial charge in [-0.15, -0.1) is 79.4 Å². The summed E-state index contributed by atoms with van der Waals surface area (Å²) in [6.07, 6.45) is 0. The van der Waals surface area contributed by atoms with Crippen LogP contribution in [0.15, 0.2) is 467 Å². The molecule has 28 rings (SSSR count). The van der Waals surface area contributed by atoms with Crippen molar-refractivity contribution in [3.05, 3.63) is 506 Å². The van der Waals surface area contributed by atoms with Crippen LogP contribution in [0.4, 0.5) is 0 Å². The van der Waals surface area contributed by atoms with Gasteiger partial charge >= 0.3 is 0 Å². The fraction of sp³-hybridized carbons (Fsp3) is 0.0526. The van der Waals surface area contributed by atoms with Crippen LogP contribution in [-0.2, 0) is 0 Å². The molecule has 0 nitrogen and oxygen atoms in total. The molecule has 7 heterocycles. The third kappa shape index (κ3) is 18.5. The summed E-state index contributed by atoms with van der Waals surface area (Å²) in [5, 5.41) is 19.2. The molecular weight excluding hydrogens is 1820 g/mol. The number of thiophene rings is 7. The number of hydrogen-bond acceptors (Lipinski definition) is 7. The van der Waals surface area contributed by atoms with Crippen molar-refractivity contribution < 1.29 is 0 Å². The van der Waals surface area contributed by atoms with Gasteiger partial charge in [0.2, 0.25) is 0 Å². The first kappa shape index (κ1) is 90.3. The van der Waals surface area contributed by atoms with Gasteiger partial charge in [0.15, 0.2) is 0 Å². The highest BCUT2D eigenvalue weighted by molar-refractivity contribution is 7.28. The molecule has 0 aliphatic carbocycles. The molecule has 140 heavy (non-hydrogen) atoms. The Bertz CT molecular complexity index is 9390. The van der Waals surface area contributed by atoms with E-state index in [-0.39, 0.29) is 0 Å². The molecule has 0 atom stereocenters. The third-order valence-electron chi connectivity index (χ3n) is 26.4. The third-order valence-corrected chi connectivity index (χ3v) is 34.8. The maximum atomic E-state index is 2.31. The van der Waals surface area contributed by atoms with Gasteiger partial charge in [-0.05, 0) is 210 Å². The highest BCUT2D eigenvalue weighted by Crippen LogP contribution is 2.48. The van der Waals surface area contributed by atoms with Gasteiger partial charge in [0, 0.05) is 141 Å². The molecule has 0 fully saturated rings. The van der Waals surface area contributed by atoms with Crippen LogP contribution in [0.5, 0.6) is 0 Å². The minimum absolute atomic E-state index is 1.29. The molecule has 0 N–H and O–H groups in total. The summed E-state index contributed by atoms with van der Waals surface area (Å²) in [5.74, 6) is 0. The minimum atomic E-state index is 1.29. The Morgan fingerprint density at radius 2 is 0.421 bits per heavy atom. The fourth-order valence-electron chi connectivity index (χ4n) is 19.5. The molecule has 0 amide bonds. The van der Waals surface area contributed by atoms with Crippen molar-refractivity contribution in [3.63, 3.8) is 0 Å². The number of fused-ring (bicyclic) bond motifs is 21. The number of hydrogen-bond donors (Lipinski definition) is 0. The molecule has 672 valence electrons. The van der Waals surface area contributed by atoms with Crippen LogP contribution in [0.3, 0.4) is 0 Å². The zero-order valence-electron chi connectivity index (χ0n) is 78.8. The van der Waals surface area contributed by atoms with Gasteiger partial charge in [-0.25, -0.2) is 0 Å². The van der Waals surface area contributed by atoms with Gasteiger partial charge in [-0.1, -0.05) is 423 Å². The van der Waals surface area contributed by atoms with E-state index in [4.69, 9.17) is 0 Å². The zero-order chi connectivity index (χ0) is 94.7. The van der Waals surface area contributed by atoms with Crippen LogP contribution in [0.2, 0.25) is 0 Å². The average Bonchev–Trinajstić information content (AvgIpc) is 1.60. The summed E-state index contributed by atoms with van der Waals surface area (Å²) in [6.45, 7) is 15.1. The van der Waals surface area contributed by atoms with E-state index in [0.717, 1.165) is 0 Å². The van der Waals surface area contributed by atoms with Crippen LogP contribution in [0.1, 0.15) is 38.9 Å². The lowest BCUT2D eigenvalue weighted by Crippen LogP contribution is -1.83. The molecule has 0 spiro atoms. The molecule has 0 radical (unpaired) electrons. The zero-order valence-corrected chi connectivity index (χ0v) is 84.5. The van der Waals surface area contributed by atoms with Crippen LogP contribution in [-0.4, -0.2) is 0 Å². The first-order chi connectivity index (χ1) is 68.8. The fourth-order valence-corrected chi connectivity index (χ4v) is 27.6. The summed E-state index contributed by atoms with van der Waals surface area (Å²) in [5.41, 5.74) is 27.7. The first-order valence-corrected chi connectivity index (χ1v) is 53.3. The first-order valence-electron chi connectivity index (χ1n) is 47.6. The van der Waals surface area contributed by atoms with Crippen LogP contribution in [0.25, 0.3) is 219 Å². The Balaban J connectivity index is 0.0000000939. The van der Waals surface area contributed by atoms with E-state index in [9.17, 15) is 0 Å². The molecular formula is C133H98S7. The monoisotopic (exact) mass is 1920 g/mol. The Morgan fingerprint density at radius 3 is 0.943 bits per heavy atom. The van der Waals surface area contributed by atoms with Crippen molar-refractivity contribution in [2.45, 2.75) is 48.5 Å². The topological polar surface area (TPSA) is 0 Å². The Morgan fingerprint density at radius 1 is 0.121 bits per heavy atom. The molecule has 0 bridgehead atoms. The number of aryl methyl sites for hydroxylation is 7. The quantitative estimate of drug-likeness (QED) is 0.149. The SMILES string of the molecule is Cc1ccc(-c2ccc3c(c2)sc2ccccc23)cc1.Cc1ccc(-c2cccc3sc4ccccc4c23)cc1.Cc1ccc(-c2ccccc2)c2c1sc1ccccc12.Cc1cccc(-c2ccc3c(c2)sc2ccccc23)c1.Cc1cccc(-c2cccc3sc4ccccc4c23)c1.Cc1cccc2c1sc1c(-c3ccccc3)cccc12.Cc1ccccc1-c1cccc2sc3ccccc3c12. The lowest BCUT2D eigenvalue weighted by Gasteiger charge is -2.07. The predicted molar refractivity (Wildman–Crippen MR) is 627 cm³/mol. The van der Waals surface area contributed by atoms with E-state index in [1.165, 1.54) is 258 Å². The summed E-state index contributed by atoms with van der Waals surface area (Å²) in [4.78, 5) is 0. The maximum Gasteiger partial charge on any atom is 0.0433 e. The van der Waals surface area contributed by atoms with E-state index in [0.29, 0.717) is 0 Å². The molecule has 0 aliphatic heterocycles. The van der Waals surface area contributed by atoms with Crippen molar-refractivity contribution in [2.24, 2.45) is 0 Å². The Hall–Kier alpha value is -14.8. The highest BCUT2D eigenvalue weighted by Gasteiger charge is 2.19. The lowest BCUT2D eigenvalue weighted by molar-refractivity contribution is 1.47. The summed E-state index contributed by atoms with van der Waals surface area (Å²) in [6, 6.07) is 168. The molecule has 0 aliphatic rings. The molecule has 7 aromatic heterocycles. The summed E-state index contributed by atoms with van der Waals surface area (Å²) < 4.78 is 19.2. The molecule has 21 aromatic carbocycles. The van der Waals surface area contributed by atoms with Crippen LogP contribution >= 0.6 is 79.4 Å². The minimum Gasteiger partial charge on any atom is -0.135 e. The van der Waals surface area contributed by atoms with E-state index in [1.54, 1.807) is 0 Å². The lowest BCUT2D eigenvalue weighted by atomic mass is 9.96. The maximum absolute atomic E-state index is 2.31. The van der Waals surface area contributed by atoms with Gasteiger partial charge in [0.1, 0.15) is 0 Å². The van der Waals surface area contributed by atoms with Gasteiger partial charge in [-0.3, -0.25) is 0 Å². The van der Waals surface area contributed by atoms with E-state index in [1.807, 2.05) is 79.4 Å². The van der Waals surface area contributed by atoms with Crippen LogP contribution in [0, 0.1) is 48.5 Å². The van der Waals surface area contributed by atoms with Crippen LogP contribution < -0.4 is 0 Å². The van der Waals surface area contributed by atoms with E-state index < -0.39 is 0 Å². The molecule has 0 saturated carbocycles.